The van der Waals surface area contributed by atoms with Gasteiger partial charge in [0.15, 0.2) is 0 Å². The predicted molar refractivity (Wildman–Crippen MR) is 115 cm³/mol. The van der Waals surface area contributed by atoms with Crippen molar-refractivity contribution in [2.45, 2.75) is 13.5 Å². The van der Waals surface area contributed by atoms with Gasteiger partial charge < -0.3 is 5.43 Å². The van der Waals surface area contributed by atoms with Crippen LogP contribution >= 0.6 is 27.3 Å². The monoisotopic (exact) mass is 454 g/mol. The van der Waals surface area contributed by atoms with Crippen LogP contribution in [0.5, 0.6) is 0 Å². The van der Waals surface area contributed by atoms with Crippen molar-refractivity contribution in [3.63, 3.8) is 0 Å². The maximum absolute atomic E-state index is 12.8. The summed E-state index contributed by atoms with van der Waals surface area (Å²) in [7, 11) is 0. The van der Waals surface area contributed by atoms with Crippen molar-refractivity contribution in [3.05, 3.63) is 79.8 Å². The average Bonchev–Trinajstić information content (AvgIpc) is 3.16. The fraction of sp³-hybridized carbons (Fsp3) is 0.105. The summed E-state index contributed by atoms with van der Waals surface area (Å²) in [6.07, 6.45) is 1.75. The van der Waals surface area contributed by atoms with Crippen molar-refractivity contribution in [1.29, 1.82) is 0 Å². The maximum Gasteiger partial charge on any atom is 0.279 e. The molecule has 2 heterocycles. The minimum Gasteiger partial charge on any atom is -0.315 e. The molecule has 0 aliphatic carbocycles. The first-order valence-corrected chi connectivity index (χ1v) is 10.1. The number of aromatic nitrogens is 4. The van der Waals surface area contributed by atoms with Crippen LogP contribution in [0.15, 0.2) is 62.8 Å². The van der Waals surface area contributed by atoms with E-state index in [4.69, 9.17) is 0 Å². The van der Waals surface area contributed by atoms with Gasteiger partial charge >= 0.3 is 0 Å². The summed E-state index contributed by atoms with van der Waals surface area (Å²) in [5, 5.41) is 10.0. The quantitative estimate of drug-likeness (QED) is 0.463. The molecule has 0 fully saturated rings. The number of benzene rings is 2. The van der Waals surface area contributed by atoms with E-state index in [9.17, 15) is 4.79 Å². The van der Waals surface area contributed by atoms with E-state index in [1.165, 1.54) is 16.0 Å². The molecule has 0 aliphatic rings. The van der Waals surface area contributed by atoms with Crippen molar-refractivity contribution < 1.29 is 0 Å². The minimum atomic E-state index is -0.157. The summed E-state index contributed by atoms with van der Waals surface area (Å²) in [4.78, 5) is 21.6. The predicted octanol–water partition coefficient (Wildman–Crippen LogP) is 3.81. The molecule has 140 valence electrons. The van der Waals surface area contributed by atoms with E-state index in [1.807, 2.05) is 42.5 Å². The van der Waals surface area contributed by atoms with Crippen molar-refractivity contribution in [1.82, 2.24) is 19.9 Å². The van der Waals surface area contributed by atoms with Crippen LogP contribution in [-0.4, -0.2) is 26.1 Å². The third-order valence-corrected chi connectivity index (χ3v) is 5.29. The lowest BCUT2D eigenvalue weighted by Gasteiger charge is -2.12. The lowest BCUT2D eigenvalue weighted by Crippen LogP contribution is -2.31. The van der Waals surface area contributed by atoms with E-state index in [-0.39, 0.29) is 5.56 Å². The number of rotatable bonds is 5. The zero-order valence-corrected chi connectivity index (χ0v) is 17.2. The van der Waals surface area contributed by atoms with E-state index in [0.717, 1.165) is 15.0 Å². The lowest BCUT2D eigenvalue weighted by molar-refractivity contribution is 0.748. The molecular formula is C19H15BrN6OS. The lowest BCUT2D eigenvalue weighted by atomic mass is 10.2. The van der Waals surface area contributed by atoms with Gasteiger partial charge in [0, 0.05) is 10.7 Å². The standard InChI is InChI=1S/C19H15BrN6OS/c1-12-23-16-8-7-14(20)9-15(16)18(27)26(12)22-11-17-24-25-19(28-17)21-10-13-5-3-2-4-6-13/h2-10,22H,11H2,1H3. The normalized spacial score (nSPS) is 11.4. The van der Waals surface area contributed by atoms with E-state index in [2.05, 4.69) is 41.5 Å². The highest BCUT2D eigenvalue weighted by Gasteiger charge is 2.10. The Morgan fingerprint density at radius 3 is 2.86 bits per heavy atom. The van der Waals surface area contributed by atoms with Crippen LogP contribution in [0.25, 0.3) is 10.9 Å². The zero-order valence-electron chi connectivity index (χ0n) is 14.8. The first-order chi connectivity index (χ1) is 13.6. The highest BCUT2D eigenvalue weighted by atomic mass is 79.9. The molecule has 0 unspecified atom stereocenters. The van der Waals surface area contributed by atoms with Crippen LogP contribution in [0, 0.1) is 6.92 Å². The molecule has 0 saturated carbocycles. The molecular weight excluding hydrogens is 440 g/mol. The van der Waals surface area contributed by atoms with Crippen molar-refractivity contribution in [2.75, 3.05) is 5.43 Å². The molecule has 7 nitrogen and oxygen atoms in total. The smallest absolute Gasteiger partial charge is 0.279 e. The number of aliphatic imine (C=N–C) groups is 1. The Labute approximate surface area is 172 Å². The van der Waals surface area contributed by atoms with Gasteiger partial charge in [0.05, 0.1) is 17.4 Å². The summed E-state index contributed by atoms with van der Waals surface area (Å²) >= 11 is 4.76. The van der Waals surface area contributed by atoms with Gasteiger partial charge in [0.25, 0.3) is 5.56 Å². The van der Waals surface area contributed by atoms with Gasteiger partial charge in [0.1, 0.15) is 10.8 Å². The Hall–Kier alpha value is -2.91. The van der Waals surface area contributed by atoms with E-state index in [1.54, 1.807) is 19.2 Å². The number of hydrogen-bond donors (Lipinski definition) is 1. The van der Waals surface area contributed by atoms with Gasteiger partial charge in [-0.2, -0.15) is 0 Å². The second-order valence-corrected chi connectivity index (χ2v) is 7.90. The van der Waals surface area contributed by atoms with E-state index < -0.39 is 0 Å². The highest BCUT2D eigenvalue weighted by Crippen LogP contribution is 2.19. The number of nitrogens with one attached hydrogen (secondary N) is 1. The Kier molecular flexibility index (Phi) is 5.27. The Morgan fingerprint density at radius 2 is 2.04 bits per heavy atom. The number of nitrogens with zero attached hydrogens (tertiary/aromatic N) is 5. The number of hydrogen-bond acceptors (Lipinski definition) is 7. The minimum absolute atomic E-state index is 0.157. The molecule has 28 heavy (non-hydrogen) atoms. The van der Waals surface area contributed by atoms with Gasteiger partial charge in [0.2, 0.25) is 5.13 Å². The van der Waals surface area contributed by atoms with Crippen LogP contribution in [-0.2, 0) is 6.54 Å². The third-order valence-electron chi connectivity index (χ3n) is 3.97. The molecule has 2 aromatic heterocycles. The number of halogens is 1. The SMILES string of the molecule is Cc1nc2ccc(Br)cc2c(=O)n1NCc1nnc(N=Cc2ccccc2)s1. The molecule has 2 aromatic carbocycles. The molecule has 0 amide bonds. The Morgan fingerprint density at radius 1 is 1.21 bits per heavy atom. The topological polar surface area (TPSA) is 85.1 Å². The van der Waals surface area contributed by atoms with Crippen LogP contribution in [0.2, 0.25) is 0 Å². The fourth-order valence-corrected chi connectivity index (χ4v) is 3.62. The fourth-order valence-electron chi connectivity index (χ4n) is 2.64. The van der Waals surface area contributed by atoms with E-state index in [0.29, 0.717) is 28.4 Å². The largest absolute Gasteiger partial charge is 0.315 e. The number of aryl methyl sites for hydroxylation is 1. The molecule has 9 heteroatoms. The van der Waals surface area contributed by atoms with Gasteiger partial charge in [-0.3, -0.25) is 4.79 Å². The maximum atomic E-state index is 12.8. The molecule has 0 spiro atoms. The molecule has 0 atom stereocenters. The summed E-state index contributed by atoms with van der Waals surface area (Å²) in [6, 6.07) is 15.2. The van der Waals surface area contributed by atoms with Crippen molar-refractivity contribution in [2.24, 2.45) is 4.99 Å². The molecule has 0 bridgehead atoms. The summed E-state index contributed by atoms with van der Waals surface area (Å²) in [5.41, 5.74) is 4.58. The first-order valence-electron chi connectivity index (χ1n) is 8.44. The van der Waals surface area contributed by atoms with Crippen molar-refractivity contribution in [3.8, 4) is 0 Å². The number of fused-ring (bicyclic) bond motifs is 1. The van der Waals surface area contributed by atoms with Crippen LogP contribution in [0.4, 0.5) is 5.13 Å². The van der Waals surface area contributed by atoms with E-state index >= 15 is 0 Å². The van der Waals surface area contributed by atoms with Gasteiger partial charge in [-0.05, 0) is 30.7 Å². The highest BCUT2D eigenvalue weighted by molar-refractivity contribution is 9.10. The first kappa shape index (κ1) is 18.5. The van der Waals surface area contributed by atoms with Crippen LogP contribution in [0.1, 0.15) is 16.4 Å². The second-order valence-electron chi connectivity index (χ2n) is 5.94. The molecule has 4 aromatic rings. The summed E-state index contributed by atoms with van der Waals surface area (Å²) in [5.74, 6) is 0.576. The molecule has 4 rings (SSSR count). The van der Waals surface area contributed by atoms with Crippen LogP contribution in [0.3, 0.4) is 0 Å². The summed E-state index contributed by atoms with van der Waals surface area (Å²) in [6.45, 7) is 2.13. The second kappa shape index (κ2) is 7.99. The Balaban J connectivity index is 1.52. The zero-order chi connectivity index (χ0) is 19.5. The molecule has 0 aliphatic heterocycles. The van der Waals surface area contributed by atoms with Gasteiger partial charge in [-0.25, -0.2) is 14.7 Å². The van der Waals surface area contributed by atoms with Crippen LogP contribution < -0.4 is 11.0 Å². The third kappa shape index (κ3) is 4.00. The van der Waals surface area contributed by atoms with Crippen molar-refractivity contribution >= 4 is 49.5 Å². The molecule has 0 radical (unpaired) electrons. The molecule has 0 saturated heterocycles. The Bertz CT molecular complexity index is 1220. The molecule has 1 N–H and O–H groups in total. The van der Waals surface area contributed by atoms with Gasteiger partial charge in [-0.15, -0.1) is 10.2 Å². The van der Waals surface area contributed by atoms with Gasteiger partial charge in [-0.1, -0.05) is 57.6 Å². The summed E-state index contributed by atoms with van der Waals surface area (Å²) < 4.78 is 2.27. The average molecular weight is 455 g/mol.